The fourth-order valence-corrected chi connectivity index (χ4v) is 3.52. The number of likely N-dealkylation sites (tertiary alicyclic amines) is 1. The molecule has 2 fully saturated rings. The normalized spacial score (nSPS) is 30.3. The molecular formula is C14H24N2O3. The van der Waals surface area contributed by atoms with Crippen LogP contribution in [-0.4, -0.2) is 41.5 Å². The summed E-state index contributed by atoms with van der Waals surface area (Å²) in [7, 11) is 0. The third kappa shape index (κ3) is 2.61. The number of nitrogens with two attached hydrogens (primary N) is 1. The van der Waals surface area contributed by atoms with Crippen molar-refractivity contribution in [2.45, 2.75) is 39.0 Å². The van der Waals surface area contributed by atoms with Crippen LogP contribution in [0.2, 0.25) is 0 Å². The van der Waals surface area contributed by atoms with Gasteiger partial charge >= 0.3 is 5.97 Å². The molecule has 3 N–H and O–H groups in total. The highest BCUT2D eigenvalue weighted by Crippen LogP contribution is 2.38. The average molecular weight is 268 g/mol. The minimum atomic E-state index is -0.798. The number of carbonyl (C=O) groups is 2. The molecule has 1 saturated heterocycles. The summed E-state index contributed by atoms with van der Waals surface area (Å²) in [5.74, 6) is -1.11. The zero-order chi connectivity index (χ0) is 14.0. The smallest absolute Gasteiger partial charge is 0.308 e. The first-order valence-electron chi connectivity index (χ1n) is 7.22. The highest BCUT2D eigenvalue weighted by molar-refractivity contribution is 5.84. The molecule has 0 bridgehead atoms. The van der Waals surface area contributed by atoms with Crippen molar-refractivity contribution >= 4 is 11.9 Å². The van der Waals surface area contributed by atoms with Crippen molar-refractivity contribution < 1.29 is 14.7 Å². The molecule has 0 aromatic rings. The molecule has 0 spiro atoms. The first-order chi connectivity index (χ1) is 9.00. The van der Waals surface area contributed by atoms with E-state index < -0.39 is 17.3 Å². The molecule has 0 aromatic carbocycles. The van der Waals surface area contributed by atoms with Gasteiger partial charge in [-0.3, -0.25) is 9.59 Å². The monoisotopic (exact) mass is 268 g/mol. The van der Waals surface area contributed by atoms with E-state index in [1.165, 1.54) is 6.42 Å². The van der Waals surface area contributed by atoms with Gasteiger partial charge in [-0.05, 0) is 18.8 Å². The molecule has 1 aliphatic carbocycles. The average Bonchev–Trinajstić information content (AvgIpc) is 2.81. The van der Waals surface area contributed by atoms with Gasteiger partial charge in [0.25, 0.3) is 0 Å². The van der Waals surface area contributed by atoms with Gasteiger partial charge in [0.15, 0.2) is 0 Å². The minimum Gasteiger partial charge on any atom is -0.481 e. The number of nitrogens with zero attached hydrogens (tertiary/aromatic N) is 1. The molecule has 2 atom stereocenters. The molecule has 1 aliphatic heterocycles. The van der Waals surface area contributed by atoms with Crippen molar-refractivity contribution in [3.05, 3.63) is 0 Å². The molecule has 5 heteroatoms. The van der Waals surface area contributed by atoms with Gasteiger partial charge in [-0.25, -0.2) is 0 Å². The predicted octanol–water partition coefficient (Wildman–Crippen LogP) is 1.07. The van der Waals surface area contributed by atoms with E-state index in [4.69, 9.17) is 10.8 Å². The van der Waals surface area contributed by atoms with Crippen LogP contribution >= 0.6 is 0 Å². The van der Waals surface area contributed by atoms with Crippen molar-refractivity contribution in [2.75, 3.05) is 19.6 Å². The lowest BCUT2D eigenvalue weighted by atomic mass is 9.73. The Morgan fingerprint density at radius 3 is 2.37 bits per heavy atom. The van der Waals surface area contributed by atoms with E-state index in [-0.39, 0.29) is 11.8 Å². The Morgan fingerprint density at radius 2 is 1.89 bits per heavy atom. The van der Waals surface area contributed by atoms with Gasteiger partial charge < -0.3 is 15.7 Å². The fourth-order valence-electron chi connectivity index (χ4n) is 3.52. The van der Waals surface area contributed by atoms with E-state index in [9.17, 15) is 9.59 Å². The van der Waals surface area contributed by atoms with E-state index in [0.29, 0.717) is 19.6 Å². The summed E-state index contributed by atoms with van der Waals surface area (Å²) in [5.41, 5.74) is 5.45. The molecule has 108 valence electrons. The van der Waals surface area contributed by atoms with Crippen LogP contribution < -0.4 is 5.73 Å². The van der Waals surface area contributed by atoms with Crippen molar-refractivity contribution in [3.63, 3.8) is 0 Å². The molecule has 1 saturated carbocycles. The maximum atomic E-state index is 12.7. The largest absolute Gasteiger partial charge is 0.481 e. The van der Waals surface area contributed by atoms with Gasteiger partial charge in [0.05, 0.1) is 11.3 Å². The molecule has 2 aliphatic rings. The van der Waals surface area contributed by atoms with E-state index in [1.807, 2.05) is 6.92 Å². The third-order valence-electron chi connectivity index (χ3n) is 4.87. The number of hydrogen-bond acceptors (Lipinski definition) is 3. The van der Waals surface area contributed by atoms with Gasteiger partial charge in [-0.2, -0.15) is 0 Å². The lowest BCUT2D eigenvalue weighted by Crippen LogP contribution is -2.48. The van der Waals surface area contributed by atoms with Crippen molar-refractivity contribution in [1.82, 2.24) is 4.90 Å². The molecule has 2 rings (SSSR count). The van der Waals surface area contributed by atoms with Gasteiger partial charge in [0.1, 0.15) is 0 Å². The predicted molar refractivity (Wildman–Crippen MR) is 71.4 cm³/mol. The number of aliphatic carboxylic acids is 1. The van der Waals surface area contributed by atoms with Crippen LogP contribution in [0.25, 0.3) is 0 Å². The number of carboxylic acids is 1. The lowest BCUT2D eigenvalue weighted by Gasteiger charge is -2.37. The quantitative estimate of drug-likeness (QED) is 0.802. The topological polar surface area (TPSA) is 83.6 Å². The van der Waals surface area contributed by atoms with Gasteiger partial charge in [0.2, 0.25) is 5.91 Å². The number of hydrogen-bond donors (Lipinski definition) is 2. The number of carboxylic acid groups (broad SMARTS) is 1. The highest BCUT2D eigenvalue weighted by atomic mass is 16.4. The van der Waals surface area contributed by atoms with Crippen molar-refractivity contribution in [1.29, 1.82) is 0 Å². The SMILES string of the molecule is C[C@@H]1CN(C(=O)C2(CN)CCCCC2)C[C@H]1C(=O)O. The second kappa shape index (κ2) is 5.49. The summed E-state index contributed by atoms with van der Waals surface area (Å²) in [4.78, 5) is 25.6. The van der Waals surface area contributed by atoms with Crippen molar-refractivity contribution in [3.8, 4) is 0 Å². The number of amides is 1. The Labute approximate surface area is 114 Å². The molecule has 1 heterocycles. The first-order valence-corrected chi connectivity index (χ1v) is 7.22. The molecule has 0 radical (unpaired) electrons. The van der Waals surface area contributed by atoms with Gasteiger partial charge in [-0.1, -0.05) is 26.2 Å². The van der Waals surface area contributed by atoms with E-state index in [1.54, 1.807) is 4.90 Å². The second-order valence-electron chi connectivity index (χ2n) is 6.18. The highest BCUT2D eigenvalue weighted by Gasteiger charge is 2.45. The van der Waals surface area contributed by atoms with Crippen LogP contribution in [0.4, 0.5) is 0 Å². The number of carbonyl (C=O) groups excluding carboxylic acids is 1. The molecule has 1 amide bonds. The standard InChI is InChI=1S/C14H24N2O3/c1-10-7-16(8-11(10)12(17)18)13(19)14(9-15)5-3-2-4-6-14/h10-11H,2-9,15H2,1H3,(H,17,18)/t10-,11-/m1/s1. The van der Waals surface area contributed by atoms with Crippen LogP contribution in [0.5, 0.6) is 0 Å². The summed E-state index contributed by atoms with van der Waals surface area (Å²) in [6.45, 7) is 3.19. The molecule has 0 aromatic heterocycles. The Bertz CT molecular complexity index is 364. The second-order valence-corrected chi connectivity index (χ2v) is 6.18. The minimum absolute atomic E-state index is 0.0277. The summed E-state index contributed by atoms with van der Waals surface area (Å²) in [5, 5.41) is 9.15. The van der Waals surface area contributed by atoms with Gasteiger partial charge in [0, 0.05) is 19.6 Å². The fraction of sp³-hybridized carbons (Fsp3) is 0.857. The van der Waals surface area contributed by atoms with Crippen LogP contribution in [0, 0.1) is 17.3 Å². The van der Waals surface area contributed by atoms with Crippen LogP contribution in [0.3, 0.4) is 0 Å². The molecule has 19 heavy (non-hydrogen) atoms. The summed E-state index contributed by atoms with van der Waals surface area (Å²) < 4.78 is 0. The number of rotatable bonds is 3. The Hall–Kier alpha value is -1.10. The Kier molecular flexibility index (Phi) is 4.13. The maximum absolute atomic E-state index is 12.7. The maximum Gasteiger partial charge on any atom is 0.308 e. The van der Waals surface area contributed by atoms with E-state index in [0.717, 1.165) is 25.7 Å². The summed E-state index contributed by atoms with van der Waals surface area (Å²) in [6, 6.07) is 0. The van der Waals surface area contributed by atoms with Crippen LogP contribution in [-0.2, 0) is 9.59 Å². The lowest BCUT2D eigenvalue weighted by molar-refractivity contribution is -0.144. The molecule has 5 nitrogen and oxygen atoms in total. The zero-order valence-corrected chi connectivity index (χ0v) is 11.6. The van der Waals surface area contributed by atoms with Gasteiger partial charge in [-0.15, -0.1) is 0 Å². The van der Waals surface area contributed by atoms with Crippen molar-refractivity contribution in [2.24, 2.45) is 23.0 Å². The van der Waals surface area contributed by atoms with Crippen LogP contribution in [0.15, 0.2) is 0 Å². The Morgan fingerprint density at radius 1 is 1.26 bits per heavy atom. The Balaban J connectivity index is 2.09. The molecular weight excluding hydrogens is 244 g/mol. The first kappa shape index (κ1) is 14.3. The summed E-state index contributed by atoms with van der Waals surface area (Å²) >= 11 is 0. The molecule has 0 unspecified atom stereocenters. The zero-order valence-electron chi connectivity index (χ0n) is 11.6. The third-order valence-corrected chi connectivity index (χ3v) is 4.87. The summed E-state index contributed by atoms with van der Waals surface area (Å²) in [6.07, 6.45) is 4.97. The van der Waals surface area contributed by atoms with E-state index in [2.05, 4.69) is 0 Å². The van der Waals surface area contributed by atoms with E-state index >= 15 is 0 Å². The van der Waals surface area contributed by atoms with Crippen LogP contribution in [0.1, 0.15) is 39.0 Å².